The number of aryl methyl sites for hydroxylation is 1. The summed E-state index contributed by atoms with van der Waals surface area (Å²) in [6.07, 6.45) is 2.61. The first-order valence-corrected chi connectivity index (χ1v) is 8.13. The van der Waals surface area contributed by atoms with E-state index in [-0.39, 0.29) is 25.0 Å². The Labute approximate surface area is 128 Å². The number of aliphatic carboxylic acids is 1. The van der Waals surface area contributed by atoms with Gasteiger partial charge in [-0.3, -0.25) is 9.59 Å². The zero-order valence-electron chi connectivity index (χ0n) is 12.2. The van der Waals surface area contributed by atoms with Crippen LogP contribution < -0.4 is 0 Å². The second-order valence-electron chi connectivity index (χ2n) is 5.13. The summed E-state index contributed by atoms with van der Waals surface area (Å²) in [4.78, 5) is 26.7. The predicted molar refractivity (Wildman–Crippen MR) is 80.8 cm³/mol. The Morgan fingerprint density at radius 1 is 1.38 bits per heavy atom. The molecule has 21 heavy (non-hydrogen) atoms. The van der Waals surface area contributed by atoms with Gasteiger partial charge in [-0.1, -0.05) is 6.92 Å². The van der Waals surface area contributed by atoms with Crippen molar-refractivity contribution in [2.75, 3.05) is 19.7 Å². The number of piperidine rings is 1. The smallest absolute Gasteiger partial charge is 0.305 e. The molecule has 0 aliphatic carbocycles. The Morgan fingerprint density at radius 3 is 2.67 bits per heavy atom. The minimum absolute atomic E-state index is 0.0358. The van der Waals surface area contributed by atoms with Gasteiger partial charge in [0.2, 0.25) is 0 Å². The van der Waals surface area contributed by atoms with Crippen molar-refractivity contribution in [2.45, 2.75) is 38.7 Å². The lowest BCUT2D eigenvalue weighted by atomic mass is 10.1. The fraction of sp³-hybridized carbons (Fsp3) is 0.600. The van der Waals surface area contributed by atoms with Crippen molar-refractivity contribution in [2.24, 2.45) is 0 Å². The first-order chi connectivity index (χ1) is 10.1. The maximum Gasteiger partial charge on any atom is 0.305 e. The largest absolute Gasteiger partial charge is 0.481 e. The zero-order valence-corrected chi connectivity index (χ0v) is 13.0. The van der Waals surface area contributed by atoms with Crippen LogP contribution in [0.5, 0.6) is 0 Å². The molecule has 1 aromatic heterocycles. The molecule has 6 heteroatoms. The van der Waals surface area contributed by atoms with E-state index < -0.39 is 5.97 Å². The second-order valence-corrected chi connectivity index (χ2v) is 6.29. The molecule has 2 rings (SSSR count). The molecule has 0 unspecified atom stereocenters. The number of hydrogen-bond donors (Lipinski definition) is 1. The van der Waals surface area contributed by atoms with Gasteiger partial charge < -0.3 is 14.7 Å². The fourth-order valence-corrected chi connectivity index (χ4v) is 3.29. The molecule has 0 aromatic carbocycles. The van der Waals surface area contributed by atoms with Gasteiger partial charge >= 0.3 is 5.97 Å². The van der Waals surface area contributed by atoms with Crippen LogP contribution >= 0.6 is 11.3 Å². The summed E-state index contributed by atoms with van der Waals surface area (Å²) in [5, 5.41) is 8.57. The number of carbonyl (C=O) groups is 2. The Balaban J connectivity index is 1.77. The standard InChI is InChI=1S/C15H21NO4S/c1-2-12-3-4-13(21-12)15(19)16-8-5-11(6-9-16)20-10-7-14(17)18/h3-4,11H,2,5-10H2,1H3,(H,17,18). The molecule has 0 atom stereocenters. The summed E-state index contributed by atoms with van der Waals surface area (Å²) < 4.78 is 5.53. The summed E-state index contributed by atoms with van der Waals surface area (Å²) in [5.74, 6) is -0.740. The van der Waals surface area contributed by atoms with Crippen molar-refractivity contribution < 1.29 is 19.4 Å². The minimum atomic E-state index is -0.841. The lowest BCUT2D eigenvalue weighted by molar-refractivity contribution is -0.138. The normalized spacial score (nSPS) is 16.1. The third kappa shape index (κ3) is 4.54. The number of rotatable bonds is 6. The first-order valence-electron chi connectivity index (χ1n) is 7.31. The van der Waals surface area contributed by atoms with Crippen molar-refractivity contribution in [3.05, 3.63) is 21.9 Å². The molecule has 5 nitrogen and oxygen atoms in total. The van der Waals surface area contributed by atoms with E-state index in [0.29, 0.717) is 13.1 Å². The molecule has 116 valence electrons. The number of amides is 1. The van der Waals surface area contributed by atoms with Gasteiger partial charge in [-0.25, -0.2) is 0 Å². The predicted octanol–water partition coefficient (Wildman–Crippen LogP) is 2.41. The molecular weight excluding hydrogens is 290 g/mol. The van der Waals surface area contributed by atoms with Crippen LogP contribution in [0, 0.1) is 0 Å². The average Bonchev–Trinajstić information content (AvgIpc) is 2.96. The van der Waals surface area contributed by atoms with E-state index >= 15 is 0 Å². The molecule has 1 aliphatic heterocycles. The molecule has 1 saturated heterocycles. The zero-order chi connectivity index (χ0) is 15.2. The highest BCUT2D eigenvalue weighted by Crippen LogP contribution is 2.21. The molecule has 1 fully saturated rings. The number of nitrogens with zero attached hydrogens (tertiary/aromatic N) is 1. The van der Waals surface area contributed by atoms with Crippen LogP contribution in [0.3, 0.4) is 0 Å². The maximum absolute atomic E-state index is 12.4. The number of likely N-dealkylation sites (tertiary alicyclic amines) is 1. The topological polar surface area (TPSA) is 66.8 Å². The van der Waals surface area contributed by atoms with Gasteiger partial charge in [0.25, 0.3) is 5.91 Å². The quantitative estimate of drug-likeness (QED) is 0.876. The first kappa shape index (κ1) is 16.0. The van der Waals surface area contributed by atoms with Crippen LogP contribution in [0.4, 0.5) is 0 Å². The lowest BCUT2D eigenvalue weighted by Crippen LogP contribution is -2.40. The lowest BCUT2D eigenvalue weighted by Gasteiger charge is -2.31. The highest BCUT2D eigenvalue weighted by molar-refractivity contribution is 7.14. The summed E-state index contributed by atoms with van der Waals surface area (Å²) in [6, 6.07) is 3.92. The number of thiophene rings is 1. The maximum atomic E-state index is 12.4. The summed E-state index contributed by atoms with van der Waals surface area (Å²) in [7, 11) is 0. The van der Waals surface area contributed by atoms with Gasteiger partial charge in [0.15, 0.2) is 0 Å². The van der Waals surface area contributed by atoms with Gasteiger partial charge in [-0.15, -0.1) is 11.3 Å². The number of hydrogen-bond acceptors (Lipinski definition) is 4. The second kappa shape index (κ2) is 7.56. The number of carboxylic acids is 1. The van der Waals surface area contributed by atoms with Gasteiger partial charge in [-0.2, -0.15) is 0 Å². The van der Waals surface area contributed by atoms with Crippen LogP contribution in [0.25, 0.3) is 0 Å². The van der Waals surface area contributed by atoms with E-state index in [1.54, 1.807) is 11.3 Å². The van der Waals surface area contributed by atoms with E-state index in [0.717, 1.165) is 24.1 Å². The summed E-state index contributed by atoms with van der Waals surface area (Å²) in [5.41, 5.74) is 0. The number of carboxylic acid groups (broad SMARTS) is 1. The highest BCUT2D eigenvalue weighted by atomic mass is 32.1. The van der Waals surface area contributed by atoms with E-state index in [1.165, 1.54) is 4.88 Å². The third-order valence-corrected chi connectivity index (χ3v) is 4.84. The van der Waals surface area contributed by atoms with E-state index in [9.17, 15) is 9.59 Å². The Bertz CT molecular complexity index is 492. The van der Waals surface area contributed by atoms with Gasteiger partial charge in [0.05, 0.1) is 24.0 Å². The van der Waals surface area contributed by atoms with Crippen LogP contribution in [0.2, 0.25) is 0 Å². The van der Waals surface area contributed by atoms with Crippen molar-refractivity contribution in [1.82, 2.24) is 4.90 Å². The molecule has 1 aliphatic rings. The van der Waals surface area contributed by atoms with Crippen LogP contribution in [-0.4, -0.2) is 47.7 Å². The Kier molecular flexibility index (Phi) is 5.76. The van der Waals surface area contributed by atoms with E-state index in [2.05, 4.69) is 6.92 Å². The van der Waals surface area contributed by atoms with E-state index in [4.69, 9.17) is 9.84 Å². The summed E-state index contributed by atoms with van der Waals surface area (Å²) in [6.45, 7) is 3.69. The number of ether oxygens (including phenoxy) is 1. The molecule has 1 N–H and O–H groups in total. The van der Waals surface area contributed by atoms with Crippen molar-refractivity contribution in [1.29, 1.82) is 0 Å². The average molecular weight is 311 g/mol. The molecule has 2 heterocycles. The van der Waals surface area contributed by atoms with Gasteiger partial charge in [-0.05, 0) is 31.4 Å². The number of carbonyl (C=O) groups excluding carboxylic acids is 1. The van der Waals surface area contributed by atoms with E-state index in [1.807, 2.05) is 17.0 Å². The van der Waals surface area contributed by atoms with Crippen molar-refractivity contribution in [3.8, 4) is 0 Å². The van der Waals surface area contributed by atoms with Crippen molar-refractivity contribution >= 4 is 23.2 Å². The highest BCUT2D eigenvalue weighted by Gasteiger charge is 2.24. The molecule has 0 radical (unpaired) electrons. The van der Waals surface area contributed by atoms with Gasteiger partial charge in [0, 0.05) is 18.0 Å². The molecule has 0 saturated carbocycles. The molecule has 0 bridgehead atoms. The fourth-order valence-electron chi connectivity index (χ4n) is 2.38. The molecule has 1 amide bonds. The Hall–Kier alpha value is -1.40. The minimum Gasteiger partial charge on any atom is -0.481 e. The van der Waals surface area contributed by atoms with Crippen LogP contribution in [-0.2, 0) is 16.0 Å². The molecule has 1 aromatic rings. The SMILES string of the molecule is CCc1ccc(C(=O)N2CCC(OCCC(=O)O)CC2)s1. The molecule has 0 spiro atoms. The monoisotopic (exact) mass is 311 g/mol. The van der Waals surface area contributed by atoms with Crippen LogP contribution in [0.15, 0.2) is 12.1 Å². The van der Waals surface area contributed by atoms with Crippen LogP contribution in [0.1, 0.15) is 40.7 Å². The Morgan fingerprint density at radius 2 is 2.10 bits per heavy atom. The van der Waals surface area contributed by atoms with Crippen molar-refractivity contribution in [3.63, 3.8) is 0 Å². The van der Waals surface area contributed by atoms with Gasteiger partial charge in [0.1, 0.15) is 0 Å². The third-order valence-electron chi connectivity index (χ3n) is 3.62. The molecular formula is C15H21NO4S. The summed E-state index contributed by atoms with van der Waals surface area (Å²) >= 11 is 1.56.